The molecule has 1 heterocycles. The van der Waals surface area contributed by atoms with Crippen LogP contribution in [0.5, 0.6) is 0 Å². The van der Waals surface area contributed by atoms with E-state index < -0.39 is 11.9 Å². The summed E-state index contributed by atoms with van der Waals surface area (Å²) in [6.45, 7) is 0.326. The highest BCUT2D eigenvalue weighted by molar-refractivity contribution is 5.96. The molecule has 0 spiro atoms. The predicted octanol–water partition coefficient (Wildman–Crippen LogP) is 1.89. The first-order valence-corrected chi connectivity index (χ1v) is 6.28. The van der Waals surface area contributed by atoms with Gasteiger partial charge in [-0.25, -0.2) is 14.2 Å². The normalized spacial score (nSPS) is 10.1. The highest BCUT2D eigenvalue weighted by Gasteiger charge is 2.10. The standard InChI is InChI=1S/C15H13FN2O3/c16-12-3-1-2-10(8-12)4-6-18-14(19)11-5-7-17-13(9-11)15(20)21/h1-3,5,7-9H,4,6H2,(H,18,19)(H,20,21). The van der Waals surface area contributed by atoms with Crippen LogP contribution >= 0.6 is 0 Å². The second-order valence-electron chi connectivity index (χ2n) is 4.37. The van der Waals surface area contributed by atoms with Gasteiger partial charge < -0.3 is 10.4 Å². The molecule has 0 atom stereocenters. The molecule has 0 saturated heterocycles. The van der Waals surface area contributed by atoms with Gasteiger partial charge in [0.2, 0.25) is 0 Å². The number of benzene rings is 1. The zero-order valence-electron chi connectivity index (χ0n) is 11.0. The second kappa shape index (κ2) is 6.60. The second-order valence-corrected chi connectivity index (χ2v) is 4.37. The van der Waals surface area contributed by atoms with Gasteiger partial charge in [0.15, 0.2) is 0 Å². The lowest BCUT2D eigenvalue weighted by Crippen LogP contribution is -2.26. The Hall–Kier alpha value is -2.76. The van der Waals surface area contributed by atoms with E-state index in [-0.39, 0.29) is 17.1 Å². The largest absolute Gasteiger partial charge is 0.477 e. The van der Waals surface area contributed by atoms with Gasteiger partial charge in [-0.2, -0.15) is 0 Å². The number of halogens is 1. The predicted molar refractivity (Wildman–Crippen MR) is 73.6 cm³/mol. The Balaban J connectivity index is 1.93. The molecule has 6 heteroatoms. The number of carboxylic acids is 1. The van der Waals surface area contributed by atoms with Crippen LogP contribution in [0.2, 0.25) is 0 Å². The Morgan fingerprint density at radius 3 is 2.76 bits per heavy atom. The summed E-state index contributed by atoms with van der Waals surface area (Å²) >= 11 is 0. The first-order chi connectivity index (χ1) is 10.1. The number of nitrogens with zero attached hydrogens (tertiary/aromatic N) is 1. The van der Waals surface area contributed by atoms with Gasteiger partial charge in [-0.05, 0) is 36.2 Å². The fourth-order valence-electron chi connectivity index (χ4n) is 1.80. The van der Waals surface area contributed by atoms with E-state index in [1.54, 1.807) is 12.1 Å². The van der Waals surface area contributed by atoms with Crippen LogP contribution < -0.4 is 5.32 Å². The summed E-state index contributed by atoms with van der Waals surface area (Å²) in [6, 6.07) is 8.77. The maximum atomic E-state index is 13.0. The lowest BCUT2D eigenvalue weighted by Gasteiger charge is -2.06. The van der Waals surface area contributed by atoms with Crippen LogP contribution in [0.1, 0.15) is 26.4 Å². The number of aromatic nitrogens is 1. The molecule has 2 N–H and O–H groups in total. The van der Waals surface area contributed by atoms with Crippen molar-refractivity contribution in [3.8, 4) is 0 Å². The number of nitrogens with one attached hydrogen (secondary N) is 1. The minimum atomic E-state index is -1.19. The fraction of sp³-hybridized carbons (Fsp3) is 0.133. The number of pyridine rings is 1. The van der Waals surface area contributed by atoms with E-state index in [1.165, 1.54) is 30.5 Å². The minimum absolute atomic E-state index is 0.187. The smallest absolute Gasteiger partial charge is 0.354 e. The topological polar surface area (TPSA) is 79.3 Å². The van der Waals surface area contributed by atoms with E-state index in [9.17, 15) is 14.0 Å². The average Bonchev–Trinajstić information content (AvgIpc) is 2.47. The third-order valence-electron chi connectivity index (χ3n) is 2.83. The van der Waals surface area contributed by atoms with Crippen molar-refractivity contribution in [3.63, 3.8) is 0 Å². The molecule has 21 heavy (non-hydrogen) atoms. The molecule has 0 unspecified atom stereocenters. The van der Waals surface area contributed by atoms with Crippen molar-refractivity contribution in [2.75, 3.05) is 6.54 Å². The molecule has 1 amide bonds. The molecule has 0 bridgehead atoms. The molecule has 108 valence electrons. The van der Waals surface area contributed by atoms with Gasteiger partial charge in [0.1, 0.15) is 11.5 Å². The monoisotopic (exact) mass is 288 g/mol. The molecule has 0 aliphatic carbocycles. The van der Waals surface area contributed by atoms with Gasteiger partial charge in [-0.3, -0.25) is 4.79 Å². The molecule has 5 nitrogen and oxygen atoms in total. The summed E-state index contributed by atoms with van der Waals surface area (Å²) in [5.74, 6) is -1.90. The molecule has 1 aromatic heterocycles. The summed E-state index contributed by atoms with van der Waals surface area (Å²) in [4.78, 5) is 26.3. The van der Waals surface area contributed by atoms with Gasteiger partial charge in [-0.1, -0.05) is 12.1 Å². The summed E-state index contributed by atoms with van der Waals surface area (Å²) in [5, 5.41) is 11.5. The molecular weight excluding hydrogens is 275 g/mol. The summed E-state index contributed by atoms with van der Waals surface area (Å²) in [5.41, 5.74) is 0.811. The number of carboxylic acid groups (broad SMARTS) is 1. The number of aromatic carboxylic acids is 1. The quantitative estimate of drug-likeness (QED) is 0.880. The third-order valence-corrected chi connectivity index (χ3v) is 2.83. The van der Waals surface area contributed by atoms with Crippen molar-refractivity contribution in [1.82, 2.24) is 10.3 Å². The Kier molecular flexibility index (Phi) is 4.61. The number of amides is 1. The number of hydrogen-bond donors (Lipinski definition) is 2. The summed E-state index contributed by atoms with van der Waals surface area (Å²) < 4.78 is 13.0. The van der Waals surface area contributed by atoms with Crippen LogP contribution in [0.15, 0.2) is 42.6 Å². The van der Waals surface area contributed by atoms with Crippen LogP contribution in [0, 0.1) is 5.82 Å². The van der Waals surface area contributed by atoms with E-state index in [1.807, 2.05) is 0 Å². The Bertz CT molecular complexity index is 673. The summed E-state index contributed by atoms with van der Waals surface area (Å²) in [7, 11) is 0. The lowest BCUT2D eigenvalue weighted by atomic mass is 10.1. The molecule has 0 aliphatic rings. The first kappa shape index (κ1) is 14.6. The SMILES string of the molecule is O=C(NCCc1cccc(F)c1)c1ccnc(C(=O)O)c1. The van der Waals surface area contributed by atoms with Crippen LogP contribution in [-0.4, -0.2) is 28.5 Å². The Labute approximate surface area is 120 Å². The van der Waals surface area contributed by atoms with Crippen molar-refractivity contribution < 1.29 is 19.1 Å². The maximum absolute atomic E-state index is 13.0. The van der Waals surface area contributed by atoms with Crippen molar-refractivity contribution in [3.05, 3.63) is 65.2 Å². The van der Waals surface area contributed by atoms with E-state index in [4.69, 9.17) is 5.11 Å². The molecule has 0 fully saturated rings. The van der Waals surface area contributed by atoms with Gasteiger partial charge in [0.25, 0.3) is 5.91 Å². The van der Waals surface area contributed by atoms with Crippen molar-refractivity contribution in [2.45, 2.75) is 6.42 Å². The van der Waals surface area contributed by atoms with Crippen LogP contribution in [0.3, 0.4) is 0 Å². The van der Waals surface area contributed by atoms with Crippen molar-refractivity contribution in [2.24, 2.45) is 0 Å². The first-order valence-electron chi connectivity index (χ1n) is 6.28. The highest BCUT2D eigenvalue weighted by Crippen LogP contribution is 2.05. The van der Waals surface area contributed by atoms with E-state index in [0.717, 1.165) is 5.56 Å². The van der Waals surface area contributed by atoms with Crippen molar-refractivity contribution in [1.29, 1.82) is 0 Å². The molecule has 0 aliphatic heterocycles. The zero-order chi connectivity index (χ0) is 15.2. The summed E-state index contributed by atoms with van der Waals surface area (Å²) in [6.07, 6.45) is 1.76. The number of carbonyl (C=O) groups is 2. The maximum Gasteiger partial charge on any atom is 0.354 e. The van der Waals surface area contributed by atoms with Crippen LogP contribution in [0.4, 0.5) is 4.39 Å². The molecule has 0 saturated carbocycles. The lowest BCUT2D eigenvalue weighted by molar-refractivity contribution is 0.0690. The average molecular weight is 288 g/mol. The van der Waals surface area contributed by atoms with Gasteiger partial charge >= 0.3 is 5.97 Å². The molecular formula is C15H13FN2O3. The molecule has 0 radical (unpaired) electrons. The number of carbonyl (C=O) groups excluding carboxylic acids is 1. The van der Waals surface area contributed by atoms with Crippen LogP contribution in [0.25, 0.3) is 0 Å². The van der Waals surface area contributed by atoms with E-state index >= 15 is 0 Å². The fourth-order valence-corrected chi connectivity index (χ4v) is 1.80. The van der Waals surface area contributed by atoms with Crippen LogP contribution in [-0.2, 0) is 6.42 Å². The Morgan fingerprint density at radius 1 is 1.24 bits per heavy atom. The zero-order valence-corrected chi connectivity index (χ0v) is 11.0. The van der Waals surface area contributed by atoms with E-state index in [2.05, 4.69) is 10.3 Å². The highest BCUT2D eigenvalue weighted by atomic mass is 19.1. The number of hydrogen-bond acceptors (Lipinski definition) is 3. The minimum Gasteiger partial charge on any atom is -0.477 e. The van der Waals surface area contributed by atoms with E-state index in [0.29, 0.717) is 13.0 Å². The van der Waals surface area contributed by atoms with Gasteiger partial charge in [0.05, 0.1) is 0 Å². The van der Waals surface area contributed by atoms with Gasteiger partial charge in [-0.15, -0.1) is 0 Å². The van der Waals surface area contributed by atoms with Gasteiger partial charge in [0, 0.05) is 18.3 Å². The Morgan fingerprint density at radius 2 is 2.05 bits per heavy atom. The molecule has 2 rings (SSSR count). The molecule has 2 aromatic rings. The third kappa shape index (κ3) is 4.10. The van der Waals surface area contributed by atoms with Crippen molar-refractivity contribution >= 4 is 11.9 Å². The number of rotatable bonds is 5. The molecule has 1 aromatic carbocycles.